The highest BCUT2D eigenvalue weighted by molar-refractivity contribution is 9.10. The minimum atomic E-state index is -0.853. The van der Waals surface area contributed by atoms with Gasteiger partial charge in [-0.3, -0.25) is 4.79 Å². The number of Topliss-reactive ketones (excluding diaryl/α,β-unsaturated/α-hetero) is 1. The predicted molar refractivity (Wildman–Crippen MR) is 87.0 cm³/mol. The van der Waals surface area contributed by atoms with Gasteiger partial charge in [-0.25, -0.2) is 0 Å². The first-order valence-electron chi connectivity index (χ1n) is 6.78. The number of carbonyl (C=O) groups is 1. The molecule has 0 aliphatic rings. The fourth-order valence-electron chi connectivity index (χ4n) is 2.29. The maximum atomic E-state index is 12.4. The van der Waals surface area contributed by atoms with Crippen molar-refractivity contribution < 1.29 is 4.79 Å². The Bertz CT molecular complexity index is 712. The molecule has 2 aromatic carbocycles. The van der Waals surface area contributed by atoms with Crippen LogP contribution in [0.2, 0.25) is 0 Å². The molecule has 1 unspecified atom stereocenters. The average molecular weight is 353 g/mol. The third-order valence-corrected chi connectivity index (χ3v) is 4.01. The van der Waals surface area contributed by atoms with E-state index in [4.69, 9.17) is 0 Å². The molecule has 0 spiro atoms. The van der Waals surface area contributed by atoms with Crippen LogP contribution in [-0.4, -0.2) is 5.78 Å². The molecule has 0 saturated heterocycles. The molecule has 22 heavy (non-hydrogen) atoms. The predicted octanol–water partition coefficient (Wildman–Crippen LogP) is 4.47. The van der Waals surface area contributed by atoms with Crippen LogP contribution < -0.4 is 0 Å². The zero-order valence-corrected chi connectivity index (χ0v) is 13.3. The Balaban J connectivity index is 2.30. The summed E-state index contributed by atoms with van der Waals surface area (Å²) in [5, 5.41) is 18.4. The number of nitriles is 2. The third-order valence-electron chi connectivity index (χ3n) is 3.48. The molecule has 2 aromatic rings. The lowest BCUT2D eigenvalue weighted by Gasteiger charge is -2.17. The summed E-state index contributed by atoms with van der Waals surface area (Å²) in [7, 11) is 0. The normalized spacial score (nSPS) is 11.5. The summed E-state index contributed by atoms with van der Waals surface area (Å²) in [6.07, 6.45) is 0.136. The molecule has 0 N–H and O–H groups in total. The molecular weight excluding hydrogens is 340 g/mol. The Labute approximate surface area is 137 Å². The molecule has 0 amide bonds. The van der Waals surface area contributed by atoms with Gasteiger partial charge in [-0.05, 0) is 17.7 Å². The number of hydrogen-bond acceptors (Lipinski definition) is 3. The van der Waals surface area contributed by atoms with Gasteiger partial charge in [0.05, 0.1) is 12.1 Å². The van der Waals surface area contributed by atoms with Gasteiger partial charge >= 0.3 is 0 Å². The van der Waals surface area contributed by atoms with Crippen LogP contribution in [0.3, 0.4) is 0 Å². The quantitative estimate of drug-likeness (QED) is 0.745. The number of ketones is 1. The number of halogens is 1. The topological polar surface area (TPSA) is 64.7 Å². The Morgan fingerprint density at radius 2 is 1.59 bits per heavy atom. The van der Waals surface area contributed by atoms with Gasteiger partial charge in [0.2, 0.25) is 0 Å². The summed E-state index contributed by atoms with van der Waals surface area (Å²) in [6, 6.07) is 20.3. The lowest BCUT2D eigenvalue weighted by atomic mass is 9.83. The Kier molecular flexibility index (Phi) is 5.47. The number of rotatable bonds is 5. The molecule has 0 bridgehead atoms. The van der Waals surface area contributed by atoms with Crippen molar-refractivity contribution in [3.63, 3.8) is 0 Å². The summed E-state index contributed by atoms with van der Waals surface area (Å²) in [6.45, 7) is 0. The van der Waals surface area contributed by atoms with Gasteiger partial charge in [-0.2, -0.15) is 10.5 Å². The molecule has 2 rings (SSSR count). The van der Waals surface area contributed by atoms with Gasteiger partial charge in [0.15, 0.2) is 5.78 Å². The van der Waals surface area contributed by atoms with Crippen LogP contribution in [0.1, 0.15) is 28.3 Å². The van der Waals surface area contributed by atoms with Crippen molar-refractivity contribution in [2.45, 2.75) is 12.3 Å². The van der Waals surface area contributed by atoms with E-state index in [1.165, 1.54) is 0 Å². The molecule has 0 radical (unpaired) electrons. The van der Waals surface area contributed by atoms with Crippen LogP contribution in [0, 0.1) is 28.6 Å². The van der Waals surface area contributed by atoms with Gasteiger partial charge in [0.25, 0.3) is 0 Å². The highest BCUT2D eigenvalue weighted by atomic mass is 79.9. The van der Waals surface area contributed by atoms with E-state index in [9.17, 15) is 15.3 Å². The molecule has 108 valence electrons. The fraction of sp³-hybridized carbons (Fsp3) is 0.167. The number of carbonyl (C=O) groups excluding carboxylic acids is 1. The fourth-order valence-corrected chi connectivity index (χ4v) is 2.55. The van der Waals surface area contributed by atoms with Crippen LogP contribution in [-0.2, 0) is 0 Å². The van der Waals surface area contributed by atoms with E-state index in [0.717, 1.165) is 10.0 Å². The summed E-state index contributed by atoms with van der Waals surface area (Å²) in [4.78, 5) is 12.4. The monoisotopic (exact) mass is 352 g/mol. The SMILES string of the molecule is N#CC(C#N)C(CC(=O)c1ccccc1)c1ccc(Br)cc1. The van der Waals surface area contributed by atoms with E-state index in [1.807, 2.05) is 42.5 Å². The lowest BCUT2D eigenvalue weighted by Crippen LogP contribution is -2.15. The second-order valence-corrected chi connectivity index (χ2v) is 5.80. The number of hydrogen-bond donors (Lipinski definition) is 0. The Morgan fingerprint density at radius 1 is 1.00 bits per heavy atom. The van der Waals surface area contributed by atoms with Gasteiger partial charge in [0.1, 0.15) is 5.92 Å². The first-order chi connectivity index (χ1) is 10.7. The number of nitrogens with zero attached hydrogens (tertiary/aromatic N) is 2. The highest BCUT2D eigenvalue weighted by Crippen LogP contribution is 2.30. The molecule has 0 aliphatic heterocycles. The standard InChI is InChI=1S/C18H13BrN2O/c19-16-8-6-13(7-9-16)17(15(11-20)12-21)10-18(22)14-4-2-1-3-5-14/h1-9,15,17H,10H2. The highest BCUT2D eigenvalue weighted by Gasteiger charge is 2.26. The minimum absolute atomic E-state index is 0.0657. The first-order valence-corrected chi connectivity index (χ1v) is 7.58. The van der Waals surface area contributed by atoms with Gasteiger partial charge in [-0.1, -0.05) is 58.4 Å². The molecule has 3 nitrogen and oxygen atoms in total. The molecule has 0 aromatic heterocycles. The van der Waals surface area contributed by atoms with Crippen molar-refractivity contribution >= 4 is 21.7 Å². The molecular formula is C18H13BrN2O. The Hall–Kier alpha value is -2.43. The van der Waals surface area contributed by atoms with Crippen LogP contribution in [0.25, 0.3) is 0 Å². The third kappa shape index (κ3) is 3.81. The van der Waals surface area contributed by atoms with Gasteiger partial charge in [0, 0.05) is 22.4 Å². The van der Waals surface area contributed by atoms with Crippen molar-refractivity contribution in [1.29, 1.82) is 10.5 Å². The molecule has 4 heteroatoms. The van der Waals surface area contributed by atoms with Crippen molar-refractivity contribution in [2.75, 3.05) is 0 Å². The Morgan fingerprint density at radius 3 is 2.14 bits per heavy atom. The van der Waals surface area contributed by atoms with E-state index >= 15 is 0 Å². The van der Waals surface area contributed by atoms with E-state index in [2.05, 4.69) is 15.9 Å². The van der Waals surface area contributed by atoms with Crippen LogP contribution in [0.4, 0.5) is 0 Å². The number of benzene rings is 2. The van der Waals surface area contributed by atoms with Crippen molar-refractivity contribution in [2.24, 2.45) is 5.92 Å². The molecule has 0 fully saturated rings. The van der Waals surface area contributed by atoms with Crippen molar-refractivity contribution in [3.8, 4) is 12.1 Å². The summed E-state index contributed by atoms with van der Waals surface area (Å²) in [5.41, 5.74) is 1.42. The van der Waals surface area contributed by atoms with E-state index in [1.54, 1.807) is 24.3 Å². The van der Waals surface area contributed by atoms with Crippen LogP contribution in [0.15, 0.2) is 59.1 Å². The second kappa shape index (κ2) is 7.54. The van der Waals surface area contributed by atoms with E-state index in [0.29, 0.717) is 5.56 Å². The van der Waals surface area contributed by atoms with Crippen LogP contribution >= 0.6 is 15.9 Å². The molecule has 0 heterocycles. The first kappa shape index (κ1) is 15.9. The zero-order valence-electron chi connectivity index (χ0n) is 11.7. The summed E-state index contributed by atoms with van der Waals surface area (Å²) < 4.78 is 0.912. The van der Waals surface area contributed by atoms with E-state index in [-0.39, 0.29) is 12.2 Å². The van der Waals surface area contributed by atoms with Gasteiger partial charge < -0.3 is 0 Å². The maximum absolute atomic E-state index is 12.4. The average Bonchev–Trinajstić information content (AvgIpc) is 2.56. The molecule has 0 saturated carbocycles. The molecule has 0 aliphatic carbocycles. The lowest BCUT2D eigenvalue weighted by molar-refractivity contribution is 0.0971. The minimum Gasteiger partial charge on any atom is -0.294 e. The zero-order chi connectivity index (χ0) is 15.9. The smallest absolute Gasteiger partial charge is 0.163 e. The summed E-state index contributed by atoms with van der Waals surface area (Å²) >= 11 is 3.36. The second-order valence-electron chi connectivity index (χ2n) is 4.89. The molecule has 1 atom stereocenters. The van der Waals surface area contributed by atoms with E-state index < -0.39 is 11.8 Å². The maximum Gasteiger partial charge on any atom is 0.163 e. The van der Waals surface area contributed by atoms with Crippen molar-refractivity contribution in [3.05, 3.63) is 70.2 Å². The van der Waals surface area contributed by atoms with Gasteiger partial charge in [-0.15, -0.1) is 0 Å². The van der Waals surface area contributed by atoms with Crippen molar-refractivity contribution in [1.82, 2.24) is 0 Å². The summed E-state index contributed by atoms with van der Waals surface area (Å²) in [5.74, 6) is -1.35. The van der Waals surface area contributed by atoms with Crippen LogP contribution in [0.5, 0.6) is 0 Å². The largest absolute Gasteiger partial charge is 0.294 e.